The molecule has 2 rings (SSSR count). The van der Waals surface area contributed by atoms with E-state index in [2.05, 4.69) is 9.97 Å². The average Bonchev–Trinajstić information content (AvgIpc) is 2.40. The molecule has 2 N–H and O–H groups in total. The predicted molar refractivity (Wildman–Crippen MR) is 67.6 cm³/mol. The highest BCUT2D eigenvalue weighted by atomic mass is 16.5. The second kappa shape index (κ2) is 5.97. The molecule has 5 heteroatoms. The van der Waals surface area contributed by atoms with E-state index < -0.39 is 0 Å². The smallest absolute Gasteiger partial charge is 0.325 e. The molecule has 0 fully saturated rings. The zero-order chi connectivity index (χ0) is 12.8. The minimum Gasteiger partial charge on any atom is -0.478 e. The molecule has 94 valence electrons. The van der Waals surface area contributed by atoms with E-state index in [9.17, 15) is 0 Å². The van der Waals surface area contributed by atoms with Gasteiger partial charge in [-0.3, -0.25) is 0 Å². The minimum absolute atomic E-state index is 0.259. The average molecular weight is 245 g/mol. The maximum absolute atomic E-state index is 5.57. The van der Waals surface area contributed by atoms with Crippen LogP contribution >= 0.6 is 0 Å². The van der Waals surface area contributed by atoms with Gasteiger partial charge in [-0.2, -0.15) is 4.98 Å². The van der Waals surface area contributed by atoms with Crippen LogP contribution in [0.5, 0.6) is 17.6 Å². The Balaban J connectivity index is 2.14. The van der Waals surface area contributed by atoms with Crippen LogP contribution in [0.4, 0.5) is 0 Å². The molecule has 2 aromatic rings. The summed E-state index contributed by atoms with van der Waals surface area (Å²) in [5, 5.41) is 0. The van der Waals surface area contributed by atoms with E-state index in [0.717, 1.165) is 5.56 Å². The molecule has 0 atom stereocenters. The van der Waals surface area contributed by atoms with E-state index in [1.54, 1.807) is 12.3 Å². The van der Waals surface area contributed by atoms with Gasteiger partial charge in [0, 0.05) is 18.8 Å². The van der Waals surface area contributed by atoms with Gasteiger partial charge in [0.05, 0.1) is 6.61 Å². The molecular formula is C13H15N3O2. The van der Waals surface area contributed by atoms with Crippen LogP contribution in [0.2, 0.25) is 0 Å². The molecule has 0 radical (unpaired) electrons. The summed E-state index contributed by atoms with van der Waals surface area (Å²) in [5.74, 6) is 1.16. The van der Waals surface area contributed by atoms with Gasteiger partial charge in [-0.15, -0.1) is 0 Å². The Kier molecular flexibility index (Phi) is 4.09. The zero-order valence-corrected chi connectivity index (χ0v) is 10.2. The first-order valence-corrected chi connectivity index (χ1v) is 5.74. The summed E-state index contributed by atoms with van der Waals surface area (Å²) in [5.41, 5.74) is 6.56. The van der Waals surface area contributed by atoms with Gasteiger partial charge >= 0.3 is 6.01 Å². The van der Waals surface area contributed by atoms with Gasteiger partial charge in [0.15, 0.2) is 0 Å². The van der Waals surface area contributed by atoms with Gasteiger partial charge in [0.25, 0.3) is 0 Å². The first-order valence-electron chi connectivity index (χ1n) is 5.74. The van der Waals surface area contributed by atoms with E-state index in [0.29, 0.717) is 24.8 Å². The van der Waals surface area contributed by atoms with Gasteiger partial charge in [-0.05, 0) is 24.6 Å². The largest absolute Gasteiger partial charge is 0.478 e. The number of hydrogen-bond acceptors (Lipinski definition) is 5. The van der Waals surface area contributed by atoms with Crippen LogP contribution in [0, 0.1) is 0 Å². The molecule has 1 heterocycles. The lowest BCUT2D eigenvalue weighted by Crippen LogP contribution is -1.99. The third-order valence-corrected chi connectivity index (χ3v) is 2.24. The predicted octanol–water partition coefficient (Wildman–Crippen LogP) is 2.13. The molecule has 0 aliphatic carbocycles. The summed E-state index contributed by atoms with van der Waals surface area (Å²) < 4.78 is 10.8. The second-order valence-corrected chi connectivity index (χ2v) is 3.56. The number of hydrogen-bond donors (Lipinski definition) is 1. The van der Waals surface area contributed by atoms with Gasteiger partial charge in [0.1, 0.15) is 5.75 Å². The van der Waals surface area contributed by atoms with Crippen molar-refractivity contribution in [2.45, 2.75) is 13.5 Å². The van der Waals surface area contributed by atoms with Crippen molar-refractivity contribution in [1.82, 2.24) is 9.97 Å². The van der Waals surface area contributed by atoms with Gasteiger partial charge in [-0.1, -0.05) is 12.1 Å². The number of benzene rings is 1. The fourth-order valence-electron chi connectivity index (χ4n) is 1.44. The SMILES string of the molecule is CCOc1ccnc(Oc2cccc(CN)c2)n1. The van der Waals surface area contributed by atoms with Crippen molar-refractivity contribution in [2.24, 2.45) is 5.73 Å². The molecule has 1 aromatic carbocycles. The van der Waals surface area contributed by atoms with Crippen LogP contribution < -0.4 is 15.2 Å². The normalized spacial score (nSPS) is 10.1. The van der Waals surface area contributed by atoms with Crippen LogP contribution in [0.3, 0.4) is 0 Å². The molecule has 0 saturated carbocycles. The number of aromatic nitrogens is 2. The lowest BCUT2D eigenvalue weighted by atomic mass is 10.2. The molecule has 1 aromatic heterocycles. The van der Waals surface area contributed by atoms with Crippen LogP contribution in [-0.2, 0) is 6.54 Å². The highest BCUT2D eigenvalue weighted by molar-refractivity contribution is 5.30. The lowest BCUT2D eigenvalue weighted by molar-refractivity contribution is 0.318. The second-order valence-electron chi connectivity index (χ2n) is 3.56. The summed E-state index contributed by atoms with van der Waals surface area (Å²) >= 11 is 0. The van der Waals surface area contributed by atoms with Crippen molar-refractivity contribution in [2.75, 3.05) is 6.61 Å². The molecule has 0 saturated heterocycles. The summed E-state index contributed by atoms with van der Waals surface area (Å²) in [6.45, 7) is 2.92. The van der Waals surface area contributed by atoms with Crippen molar-refractivity contribution in [3.05, 3.63) is 42.1 Å². The molecule has 18 heavy (non-hydrogen) atoms. The quantitative estimate of drug-likeness (QED) is 0.873. The van der Waals surface area contributed by atoms with Crippen LogP contribution in [0.25, 0.3) is 0 Å². The van der Waals surface area contributed by atoms with Crippen LogP contribution in [0.1, 0.15) is 12.5 Å². The Labute approximate surface area is 106 Å². The van der Waals surface area contributed by atoms with Crippen molar-refractivity contribution in [1.29, 1.82) is 0 Å². The van der Waals surface area contributed by atoms with E-state index in [1.165, 1.54) is 0 Å². The Morgan fingerprint density at radius 2 is 2.17 bits per heavy atom. The monoisotopic (exact) mass is 245 g/mol. The summed E-state index contributed by atoms with van der Waals surface area (Å²) in [4.78, 5) is 8.15. The van der Waals surface area contributed by atoms with E-state index in [-0.39, 0.29) is 6.01 Å². The molecular weight excluding hydrogens is 230 g/mol. The van der Waals surface area contributed by atoms with Crippen LogP contribution in [0.15, 0.2) is 36.5 Å². The Hall–Kier alpha value is -2.14. The molecule has 0 unspecified atom stereocenters. The number of ether oxygens (including phenoxy) is 2. The molecule has 0 aliphatic heterocycles. The summed E-state index contributed by atoms with van der Waals surface area (Å²) in [6, 6.07) is 9.45. The van der Waals surface area contributed by atoms with Crippen LogP contribution in [-0.4, -0.2) is 16.6 Å². The molecule has 0 amide bonds. The first kappa shape index (κ1) is 12.3. The third-order valence-electron chi connectivity index (χ3n) is 2.24. The Morgan fingerprint density at radius 3 is 2.94 bits per heavy atom. The maximum Gasteiger partial charge on any atom is 0.325 e. The van der Waals surface area contributed by atoms with E-state index in [1.807, 2.05) is 31.2 Å². The van der Waals surface area contributed by atoms with Crippen molar-refractivity contribution < 1.29 is 9.47 Å². The minimum atomic E-state index is 0.259. The number of nitrogens with two attached hydrogens (primary N) is 1. The van der Waals surface area contributed by atoms with Crippen molar-refractivity contribution >= 4 is 0 Å². The zero-order valence-electron chi connectivity index (χ0n) is 10.2. The standard InChI is InChI=1S/C13H15N3O2/c1-2-17-12-6-7-15-13(16-12)18-11-5-3-4-10(8-11)9-14/h3-8H,2,9,14H2,1H3. The lowest BCUT2D eigenvalue weighted by Gasteiger charge is -2.06. The summed E-state index contributed by atoms with van der Waals surface area (Å²) in [7, 11) is 0. The third kappa shape index (κ3) is 3.18. The van der Waals surface area contributed by atoms with Gasteiger partial charge in [0.2, 0.25) is 5.88 Å². The van der Waals surface area contributed by atoms with Crippen molar-refractivity contribution in [3.8, 4) is 17.6 Å². The Morgan fingerprint density at radius 1 is 1.28 bits per heavy atom. The number of nitrogens with zero attached hydrogens (tertiary/aromatic N) is 2. The van der Waals surface area contributed by atoms with Gasteiger partial charge in [-0.25, -0.2) is 4.98 Å². The topological polar surface area (TPSA) is 70.3 Å². The highest BCUT2D eigenvalue weighted by Gasteiger charge is 2.03. The van der Waals surface area contributed by atoms with Gasteiger partial charge < -0.3 is 15.2 Å². The number of rotatable bonds is 5. The molecule has 0 aliphatic rings. The highest BCUT2D eigenvalue weighted by Crippen LogP contribution is 2.20. The Bertz CT molecular complexity index is 517. The molecule has 5 nitrogen and oxygen atoms in total. The fourth-order valence-corrected chi connectivity index (χ4v) is 1.44. The fraction of sp³-hybridized carbons (Fsp3) is 0.231. The van der Waals surface area contributed by atoms with E-state index >= 15 is 0 Å². The first-order chi connectivity index (χ1) is 8.81. The maximum atomic E-state index is 5.57. The summed E-state index contributed by atoms with van der Waals surface area (Å²) in [6.07, 6.45) is 1.60. The van der Waals surface area contributed by atoms with E-state index in [4.69, 9.17) is 15.2 Å². The molecule has 0 spiro atoms. The van der Waals surface area contributed by atoms with Crippen molar-refractivity contribution in [3.63, 3.8) is 0 Å². The molecule has 0 bridgehead atoms.